The van der Waals surface area contributed by atoms with Crippen molar-refractivity contribution in [2.45, 2.75) is 162 Å². The lowest BCUT2D eigenvalue weighted by atomic mass is 9.38. The van der Waals surface area contributed by atoms with Gasteiger partial charge in [0.15, 0.2) is 6.29 Å². The third kappa shape index (κ3) is 5.35. The normalized spacial score (nSPS) is 48.5. The average molecular weight is 623 g/mol. The van der Waals surface area contributed by atoms with Crippen molar-refractivity contribution >= 4 is 0 Å². The van der Waals surface area contributed by atoms with Crippen LogP contribution in [-0.2, 0) is 9.47 Å². The lowest BCUT2D eigenvalue weighted by Crippen LogP contribution is -2.64. The van der Waals surface area contributed by atoms with Crippen LogP contribution in [0, 0.1) is 45.3 Å². The Balaban J connectivity index is 1.36. The molecule has 8 heteroatoms. The minimum Gasteiger partial charge on any atom is -0.394 e. The average Bonchev–Trinajstić information content (AvgIpc) is 3.20. The van der Waals surface area contributed by atoms with Gasteiger partial charge in [0.2, 0.25) is 0 Å². The topological polar surface area (TPSA) is 140 Å². The molecule has 5 aliphatic rings. The number of fused-ring (bicyclic) bond motifs is 5. The zero-order valence-corrected chi connectivity index (χ0v) is 28.5. The Morgan fingerprint density at radius 3 is 2.34 bits per heavy atom. The molecule has 14 atom stereocenters. The van der Waals surface area contributed by atoms with Crippen LogP contribution in [0.2, 0.25) is 0 Å². The quantitative estimate of drug-likeness (QED) is 0.220. The van der Waals surface area contributed by atoms with E-state index in [4.69, 9.17) is 9.47 Å². The van der Waals surface area contributed by atoms with Crippen LogP contribution in [0.4, 0.5) is 0 Å². The van der Waals surface area contributed by atoms with Crippen LogP contribution in [-0.4, -0.2) is 85.8 Å². The highest BCUT2D eigenvalue weighted by Gasteiger charge is 2.70. The molecule has 0 aromatic rings. The van der Waals surface area contributed by atoms with Gasteiger partial charge in [0, 0.05) is 17.3 Å². The van der Waals surface area contributed by atoms with Crippen molar-refractivity contribution in [2.75, 3.05) is 6.61 Å². The zero-order chi connectivity index (χ0) is 32.6. The molecule has 0 radical (unpaired) electrons. The molecule has 6 N–H and O–H groups in total. The molecule has 44 heavy (non-hydrogen) atoms. The number of ether oxygens (including phenoxy) is 2. The van der Waals surface area contributed by atoms with Crippen molar-refractivity contribution in [2.24, 2.45) is 45.3 Å². The van der Waals surface area contributed by atoms with Gasteiger partial charge < -0.3 is 40.1 Å². The van der Waals surface area contributed by atoms with Crippen LogP contribution in [0.5, 0.6) is 0 Å². The second-order valence-corrected chi connectivity index (χ2v) is 17.3. The predicted octanol–water partition coefficient (Wildman–Crippen LogP) is 4.32. The van der Waals surface area contributed by atoms with Gasteiger partial charge in [-0.3, -0.25) is 0 Å². The Kier molecular flexibility index (Phi) is 9.35. The van der Waals surface area contributed by atoms with Gasteiger partial charge in [-0.25, -0.2) is 0 Å². The van der Waals surface area contributed by atoms with E-state index in [0.29, 0.717) is 24.2 Å². The fourth-order valence-corrected chi connectivity index (χ4v) is 11.2. The van der Waals surface area contributed by atoms with Gasteiger partial charge in [-0.15, -0.1) is 0 Å². The Morgan fingerprint density at radius 1 is 1.02 bits per heavy atom. The van der Waals surface area contributed by atoms with Crippen molar-refractivity contribution in [1.82, 2.24) is 0 Å². The van der Waals surface area contributed by atoms with E-state index in [1.807, 2.05) is 0 Å². The maximum absolute atomic E-state index is 12.2. The lowest BCUT2D eigenvalue weighted by molar-refractivity contribution is -0.282. The summed E-state index contributed by atoms with van der Waals surface area (Å²) in [6.45, 7) is 17.0. The Morgan fingerprint density at radius 2 is 1.70 bits per heavy atom. The van der Waals surface area contributed by atoms with E-state index in [0.717, 1.165) is 44.9 Å². The molecule has 0 amide bonds. The highest BCUT2D eigenvalue weighted by atomic mass is 16.7. The van der Waals surface area contributed by atoms with Gasteiger partial charge >= 0.3 is 0 Å². The van der Waals surface area contributed by atoms with Crippen LogP contribution < -0.4 is 0 Å². The molecular formula is C36H62O8. The molecule has 8 nitrogen and oxygen atoms in total. The summed E-state index contributed by atoms with van der Waals surface area (Å²) in [4.78, 5) is 0. The molecule has 0 spiro atoms. The molecule has 5 rings (SSSR count). The van der Waals surface area contributed by atoms with Gasteiger partial charge in [0.05, 0.1) is 36.6 Å². The van der Waals surface area contributed by atoms with E-state index in [1.54, 1.807) is 13.8 Å². The van der Waals surface area contributed by atoms with Gasteiger partial charge in [-0.2, -0.15) is 0 Å². The molecule has 0 aromatic heterocycles. The molecule has 1 aliphatic heterocycles. The van der Waals surface area contributed by atoms with Crippen molar-refractivity contribution in [3.8, 4) is 0 Å². The van der Waals surface area contributed by atoms with E-state index in [1.165, 1.54) is 5.57 Å². The number of aliphatic hydroxyl groups is 6. The summed E-state index contributed by atoms with van der Waals surface area (Å²) >= 11 is 0. The number of allylic oxidation sites excluding steroid dienone is 1. The summed E-state index contributed by atoms with van der Waals surface area (Å²) in [5, 5.41) is 63.2. The van der Waals surface area contributed by atoms with Crippen LogP contribution in [0.1, 0.15) is 113 Å². The van der Waals surface area contributed by atoms with Crippen molar-refractivity contribution < 1.29 is 40.1 Å². The maximum atomic E-state index is 12.2. The Bertz CT molecular complexity index is 1070. The third-order valence-electron chi connectivity index (χ3n) is 14.3. The van der Waals surface area contributed by atoms with Gasteiger partial charge in [-0.05, 0) is 99.7 Å². The molecule has 0 aromatic carbocycles. The highest BCUT2D eigenvalue weighted by Crippen LogP contribution is 2.75. The molecule has 1 saturated heterocycles. The number of hydrogen-bond acceptors (Lipinski definition) is 8. The summed E-state index contributed by atoms with van der Waals surface area (Å²) in [6, 6.07) is 0. The monoisotopic (exact) mass is 622 g/mol. The van der Waals surface area contributed by atoms with Gasteiger partial charge in [0.25, 0.3) is 0 Å². The first-order valence-corrected chi connectivity index (χ1v) is 17.4. The summed E-state index contributed by atoms with van der Waals surface area (Å²) < 4.78 is 12.4. The van der Waals surface area contributed by atoms with E-state index >= 15 is 0 Å². The molecule has 3 saturated carbocycles. The van der Waals surface area contributed by atoms with Gasteiger partial charge in [-0.1, -0.05) is 53.2 Å². The Labute approximate surface area is 265 Å². The first-order valence-electron chi connectivity index (χ1n) is 17.4. The van der Waals surface area contributed by atoms with Crippen molar-refractivity contribution in [3.05, 3.63) is 11.6 Å². The maximum Gasteiger partial charge on any atom is 0.161 e. The fourth-order valence-electron chi connectivity index (χ4n) is 11.2. The first kappa shape index (κ1) is 34.7. The molecule has 0 bridgehead atoms. The van der Waals surface area contributed by atoms with Crippen LogP contribution >= 0.6 is 0 Å². The van der Waals surface area contributed by atoms with E-state index in [2.05, 4.69) is 47.6 Å². The van der Waals surface area contributed by atoms with Crippen LogP contribution in [0.25, 0.3) is 0 Å². The smallest absolute Gasteiger partial charge is 0.161 e. The number of rotatable bonds is 8. The van der Waals surface area contributed by atoms with Crippen LogP contribution in [0.15, 0.2) is 11.6 Å². The van der Waals surface area contributed by atoms with E-state index in [9.17, 15) is 30.6 Å². The van der Waals surface area contributed by atoms with E-state index in [-0.39, 0.29) is 46.7 Å². The SMILES string of the molecule is C[C@H](CC[C@@H](O)C(C)(C)O)C1CC[C@@]2(C)C3CC=C4C(CC[C@H](O[C@H]5C[C@@H](O)[C@H](O)[C@@H](CO)O5)C4(C)C)[C@]3(C)[C@H](O)C[C@]12C. The largest absolute Gasteiger partial charge is 0.394 e. The van der Waals surface area contributed by atoms with Crippen molar-refractivity contribution in [1.29, 1.82) is 0 Å². The Hall–Kier alpha value is -0.580. The van der Waals surface area contributed by atoms with Gasteiger partial charge in [0.1, 0.15) is 12.2 Å². The van der Waals surface area contributed by atoms with Crippen LogP contribution in [0.3, 0.4) is 0 Å². The molecule has 1 heterocycles. The molecule has 4 fully saturated rings. The van der Waals surface area contributed by atoms with E-state index < -0.39 is 42.4 Å². The lowest BCUT2D eigenvalue weighted by Gasteiger charge is -2.67. The highest BCUT2D eigenvalue weighted by molar-refractivity contribution is 5.31. The molecular weight excluding hydrogens is 560 g/mol. The fraction of sp³-hybridized carbons (Fsp3) is 0.944. The summed E-state index contributed by atoms with van der Waals surface area (Å²) in [7, 11) is 0. The molecule has 3 unspecified atom stereocenters. The minimum absolute atomic E-state index is 0.0101. The summed E-state index contributed by atoms with van der Waals surface area (Å²) in [6.07, 6.45) is 4.77. The molecule has 4 aliphatic carbocycles. The zero-order valence-electron chi connectivity index (χ0n) is 28.5. The van der Waals surface area contributed by atoms with Crippen molar-refractivity contribution in [3.63, 3.8) is 0 Å². The molecule has 254 valence electrons. The second kappa shape index (κ2) is 11.8. The number of aliphatic hydroxyl groups excluding tert-OH is 5. The second-order valence-electron chi connectivity index (χ2n) is 17.3. The first-order chi connectivity index (χ1) is 20.3. The third-order valence-corrected chi connectivity index (χ3v) is 14.3. The summed E-state index contributed by atoms with van der Waals surface area (Å²) in [5.74, 6) is 1.45. The summed E-state index contributed by atoms with van der Waals surface area (Å²) in [5.41, 5.74) is -0.220. The number of hydrogen-bond donors (Lipinski definition) is 6. The minimum atomic E-state index is -1.13. The predicted molar refractivity (Wildman–Crippen MR) is 168 cm³/mol. The standard InChI is InChI=1S/C36H62O8/c1-20(9-13-27(39)33(4,5)42)21-15-16-34(6)26-12-10-22-23(36(26,8)28(40)18-35(21,34)7)11-14-29(32(22,2)3)44-30-17-24(38)31(41)25(19-37)43-30/h10,20-21,23-31,37-42H,9,11-19H2,1-8H3/t20-,21?,23?,24-,25-,26?,27-,28-,29+,30+,31+,34+,35-,36+/m1/s1.